The highest BCUT2D eigenvalue weighted by Gasteiger charge is 2.21. The van der Waals surface area contributed by atoms with Crippen LogP contribution in [-0.2, 0) is 0 Å². The molecule has 0 saturated carbocycles. The first kappa shape index (κ1) is 7.98. The van der Waals surface area contributed by atoms with Crippen molar-refractivity contribution in [3.8, 4) is 5.75 Å². The van der Waals surface area contributed by atoms with Crippen molar-refractivity contribution >= 4 is 12.7 Å². The van der Waals surface area contributed by atoms with E-state index < -0.39 is 24.3 Å². The summed E-state index contributed by atoms with van der Waals surface area (Å²) in [6.45, 7) is 0. The van der Waals surface area contributed by atoms with Crippen LogP contribution in [0.3, 0.4) is 0 Å². The molecule has 1 N–H and O–H groups in total. The molecule has 0 saturated heterocycles. The van der Waals surface area contributed by atoms with E-state index in [0.717, 1.165) is 18.2 Å². The number of hydrogen-bond acceptors (Lipinski definition) is 1. The molecule has 0 aliphatic carbocycles. The minimum Gasteiger partial charge on any atom is -0.505 e. The Bertz CT molecular complexity index is 264. The first-order valence-electron chi connectivity index (χ1n) is 2.88. The Labute approximate surface area is 61.6 Å². The molecule has 0 spiro atoms. The highest BCUT2D eigenvalue weighted by atomic mass is 19.2. The molecule has 0 amide bonds. The first-order chi connectivity index (χ1) is 5.13. The molecule has 0 aromatic heterocycles. The Balaban J connectivity index is 3.17. The highest BCUT2D eigenvalue weighted by molar-refractivity contribution is 6.61. The Morgan fingerprint density at radius 3 is 2.36 bits per heavy atom. The van der Waals surface area contributed by atoms with Crippen molar-refractivity contribution in [2.45, 2.75) is 0 Å². The predicted molar refractivity (Wildman–Crippen MR) is 35.7 cm³/mol. The van der Waals surface area contributed by atoms with E-state index >= 15 is 0 Å². The summed E-state index contributed by atoms with van der Waals surface area (Å²) in [6, 6.07) is 3.01. The van der Waals surface area contributed by atoms with Crippen LogP contribution in [0.25, 0.3) is 0 Å². The smallest absolute Gasteiger partial charge is 0.505 e. The zero-order valence-electron chi connectivity index (χ0n) is 5.39. The van der Waals surface area contributed by atoms with Gasteiger partial charge < -0.3 is 5.11 Å². The number of hydrogen-bond donors (Lipinski definition) is 1. The molecule has 1 nitrogen and oxygen atoms in total. The monoisotopic (exact) mass is 160 g/mol. The van der Waals surface area contributed by atoms with Gasteiger partial charge in [0.2, 0.25) is 0 Å². The molecule has 11 heavy (non-hydrogen) atoms. The van der Waals surface area contributed by atoms with Crippen LogP contribution >= 0.6 is 0 Å². The summed E-state index contributed by atoms with van der Waals surface area (Å²) in [6.07, 6.45) is 0. The molecule has 0 bridgehead atoms. The van der Waals surface area contributed by atoms with Gasteiger partial charge in [0.05, 0.1) is 0 Å². The molecule has 0 aliphatic heterocycles. The second-order valence-electron chi connectivity index (χ2n) is 1.98. The van der Waals surface area contributed by atoms with E-state index in [4.69, 9.17) is 5.11 Å². The van der Waals surface area contributed by atoms with Gasteiger partial charge in [-0.3, -0.25) is 8.63 Å². The zero-order valence-corrected chi connectivity index (χ0v) is 5.39. The fourth-order valence-corrected chi connectivity index (χ4v) is 0.708. The molecule has 0 atom stereocenters. The van der Waals surface area contributed by atoms with E-state index in [0.29, 0.717) is 0 Å². The summed E-state index contributed by atoms with van der Waals surface area (Å²) in [7, 11) is -2.84. The number of rotatable bonds is 1. The number of phenolic OH excluding ortho intramolecular Hbond substituents is 1. The summed E-state index contributed by atoms with van der Waals surface area (Å²) in [4.78, 5) is 0. The number of benzene rings is 1. The summed E-state index contributed by atoms with van der Waals surface area (Å²) in [5.74, 6) is -2.00. The van der Waals surface area contributed by atoms with E-state index in [9.17, 15) is 13.0 Å². The number of aromatic hydroxyl groups is 1. The Kier molecular flexibility index (Phi) is 2.07. The molecule has 1 aromatic carbocycles. The molecule has 5 heteroatoms. The third-order valence-electron chi connectivity index (χ3n) is 1.25. The lowest BCUT2D eigenvalue weighted by Crippen LogP contribution is -2.21. The van der Waals surface area contributed by atoms with Crippen LogP contribution < -0.4 is 5.46 Å². The molecule has 1 rings (SSSR count). The third-order valence-corrected chi connectivity index (χ3v) is 1.25. The quantitative estimate of drug-likeness (QED) is 0.611. The van der Waals surface area contributed by atoms with Gasteiger partial charge in [-0.15, -0.1) is 0 Å². The van der Waals surface area contributed by atoms with E-state index in [-0.39, 0.29) is 0 Å². The van der Waals surface area contributed by atoms with E-state index in [1.54, 1.807) is 0 Å². The largest absolute Gasteiger partial charge is 0.575 e. The average Bonchev–Trinajstić information content (AvgIpc) is 1.94. The van der Waals surface area contributed by atoms with Crippen molar-refractivity contribution in [1.82, 2.24) is 0 Å². The van der Waals surface area contributed by atoms with Gasteiger partial charge in [0.1, 0.15) is 0 Å². The van der Waals surface area contributed by atoms with Gasteiger partial charge in [0.25, 0.3) is 0 Å². The van der Waals surface area contributed by atoms with Crippen molar-refractivity contribution < 1.29 is 18.1 Å². The minimum absolute atomic E-state index is 0.676. The van der Waals surface area contributed by atoms with Crippen LogP contribution in [0.5, 0.6) is 5.75 Å². The second kappa shape index (κ2) is 2.86. The molecule has 1 aromatic rings. The Hall–Kier alpha value is -1.13. The van der Waals surface area contributed by atoms with Gasteiger partial charge in [-0.05, 0) is 6.07 Å². The molecule has 0 fully saturated rings. The lowest BCUT2D eigenvalue weighted by Gasteiger charge is -1.99. The molecule has 0 heterocycles. The molecule has 58 valence electrons. The van der Waals surface area contributed by atoms with Gasteiger partial charge in [-0.25, -0.2) is 4.39 Å². The molecular weight excluding hydrogens is 156 g/mol. The van der Waals surface area contributed by atoms with Crippen molar-refractivity contribution in [2.75, 3.05) is 0 Å². The predicted octanol–water partition coefficient (Wildman–Crippen LogP) is 1.17. The maximum atomic E-state index is 12.4. The fourth-order valence-electron chi connectivity index (χ4n) is 0.708. The van der Waals surface area contributed by atoms with Gasteiger partial charge in [-0.1, -0.05) is 12.1 Å². The lowest BCUT2D eigenvalue weighted by atomic mass is 9.85. The van der Waals surface area contributed by atoms with Crippen LogP contribution in [0.15, 0.2) is 18.2 Å². The van der Waals surface area contributed by atoms with Crippen LogP contribution in [0.4, 0.5) is 13.0 Å². The van der Waals surface area contributed by atoms with Crippen molar-refractivity contribution in [3.63, 3.8) is 0 Å². The van der Waals surface area contributed by atoms with Crippen LogP contribution in [0.2, 0.25) is 0 Å². The van der Waals surface area contributed by atoms with Crippen LogP contribution in [0, 0.1) is 5.82 Å². The second-order valence-corrected chi connectivity index (χ2v) is 1.98. The van der Waals surface area contributed by atoms with Crippen molar-refractivity contribution in [2.24, 2.45) is 0 Å². The van der Waals surface area contributed by atoms with Gasteiger partial charge in [0, 0.05) is 5.46 Å². The number of halogens is 3. The molecule has 0 aliphatic rings. The standard InChI is InChI=1S/C6H4BF3O/c8-5-3-1-2-4(6(5)11)7(9)10/h1-3,11H. The Morgan fingerprint density at radius 2 is 1.91 bits per heavy atom. The van der Waals surface area contributed by atoms with E-state index in [1.165, 1.54) is 0 Å². The SMILES string of the molecule is Oc1c(F)cccc1B(F)F. The van der Waals surface area contributed by atoms with Crippen LogP contribution in [0.1, 0.15) is 0 Å². The molecule has 0 unspecified atom stereocenters. The molecular formula is C6H4BF3O. The van der Waals surface area contributed by atoms with Crippen molar-refractivity contribution in [3.05, 3.63) is 24.0 Å². The van der Waals surface area contributed by atoms with E-state index in [1.807, 2.05) is 0 Å². The first-order valence-corrected chi connectivity index (χ1v) is 2.88. The Morgan fingerprint density at radius 1 is 1.27 bits per heavy atom. The van der Waals surface area contributed by atoms with Gasteiger partial charge in [0.15, 0.2) is 11.6 Å². The van der Waals surface area contributed by atoms with Crippen LogP contribution in [-0.4, -0.2) is 12.4 Å². The topological polar surface area (TPSA) is 20.2 Å². The summed E-state index contributed by atoms with van der Waals surface area (Å²) < 4.78 is 36.1. The maximum Gasteiger partial charge on any atom is 0.575 e. The summed E-state index contributed by atoms with van der Waals surface area (Å²) in [5, 5.41) is 8.71. The highest BCUT2D eigenvalue weighted by Crippen LogP contribution is 2.12. The lowest BCUT2D eigenvalue weighted by molar-refractivity contribution is 0.435. The normalized spacial score (nSPS) is 9.73. The molecule has 0 radical (unpaired) electrons. The van der Waals surface area contributed by atoms with Gasteiger partial charge in [-0.2, -0.15) is 0 Å². The van der Waals surface area contributed by atoms with Gasteiger partial charge >= 0.3 is 7.27 Å². The average molecular weight is 160 g/mol. The third kappa shape index (κ3) is 1.47. The number of phenols is 1. The van der Waals surface area contributed by atoms with E-state index in [2.05, 4.69) is 0 Å². The summed E-state index contributed by atoms with van der Waals surface area (Å²) >= 11 is 0. The van der Waals surface area contributed by atoms with Crippen molar-refractivity contribution in [1.29, 1.82) is 0 Å². The minimum atomic E-state index is -2.84. The summed E-state index contributed by atoms with van der Waals surface area (Å²) in [5.41, 5.74) is -0.676. The number of para-hydroxylation sites is 1. The fraction of sp³-hybridized carbons (Fsp3) is 0. The zero-order chi connectivity index (χ0) is 8.43. The maximum absolute atomic E-state index is 12.4.